The maximum atomic E-state index is 5.69. The number of nitrogen functional groups attached to an aromatic ring is 1. The van der Waals surface area contributed by atoms with Crippen LogP contribution in [0, 0.1) is 11.8 Å². The zero-order valence-electron chi connectivity index (χ0n) is 11.9. The Kier molecular flexibility index (Phi) is 3.31. The van der Waals surface area contributed by atoms with E-state index in [1.165, 1.54) is 36.6 Å². The van der Waals surface area contributed by atoms with Crippen LogP contribution < -0.4 is 11.1 Å². The molecule has 0 radical (unpaired) electrons. The Morgan fingerprint density at radius 2 is 2.00 bits per heavy atom. The van der Waals surface area contributed by atoms with Crippen molar-refractivity contribution in [2.24, 2.45) is 11.8 Å². The lowest BCUT2D eigenvalue weighted by Gasteiger charge is -2.54. The molecule has 2 saturated heterocycles. The molecule has 4 nitrogen and oxygen atoms in total. The first-order valence-electron chi connectivity index (χ1n) is 7.53. The lowest BCUT2D eigenvalue weighted by molar-refractivity contribution is 0.00765. The van der Waals surface area contributed by atoms with Crippen molar-refractivity contribution in [1.29, 1.82) is 0 Å². The molecular weight excluding hydrogens is 280 g/mol. The minimum atomic E-state index is 0.608. The van der Waals surface area contributed by atoms with Crippen molar-refractivity contribution in [2.45, 2.75) is 19.0 Å². The quantitative estimate of drug-likeness (QED) is 0.911. The standard InChI is InChI=1S/C16H20N4S/c17-14-7-15(21-19-14)18-16-12-6-13(16)10-20(9-12)8-11-4-2-1-3-5-11/h1-5,7,12-13,16,18H,6,8-10H2,(H2,17,19). The van der Waals surface area contributed by atoms with Gasteiger partial charge < -0.3 is 11.1 Å². The smallest absolute Gasteiger partial charge is 0.139 e. The van der Waals surface area contributed by atoms with E-state index in [0.717, 1.165) is 23.4 Å². The van der Waals surface area contributed by atoms with Gasteiger partial charge in [-0.25, -0.2) is 0 Å². The molecule has 2 atom stereocenters. The van der Waals surface area contributed by atoms with Crippen molar-refractivity contribution in [3.8, 4) is 0 Å². The van der Waals surface area contributed by atoms with E-state index in [1.807, 2.05) is 6.07 Å². The summed E-state index contributed by atoms with van der Waals surface area (Å²) in [5.74, 6) is 2.14. The number of nitrogens with zero attached hydrogens (tertiary/aromatic N) is 2. The van der Waals surface area contributed by atoms with E-state index in [9.17, 15) is 0 Å². The van der Waals surface area contributed by atoms with Crippen molar-refractivity contribution < 1.29 is 0 Å². The molecule has 3 fully saturated rings. The van der Waals surface area contributed by atoms with E-state index in [0.29, 0.717) is 11.9 Å². The largest absolute Gasteiger partial charge is 0.383 e. The van der Waals surface area contributed by atoms with E-state index in [-0.39, 0.29) is 0 Å². The van der Waals surface area contributed by atoms with Gasteiger partial charge in [0.2, 0.25) is 0 Å². The second-order valence-corrected chi connectivity index (χ2v) is 7.03. The SMILES string of the molecule is Nc1cc(NC2C3CC2CN(Cc2ccccc2)C3)sn1. The number of nitrogens with two attached hydrogens (primary N) is 1. The highest BCUT2D eigenvalue weighted by molar-refractivity contribution is 7.10. The Hall–Kier alpha value is -1.59. The monoisotopic (exact) mass is 300 g/mol. The Morgan fingerprint density at radius 1 is 1.24 bits per heavy atom. The van der Waals surface area contributed by atoms with Gasteiger partial charge in [-0.05, 0) is 35.4 Å². The molecule has 3 N–H and O–H groups in total. The number of piperidine rings is 2. The van der Waals surface area contributed by atoms with Crippen LogP contribution >= 0.6 is 11.5 Å². The second-order valence-electron chi connectivity index (χ2n) is 6.22. The first-order valence-corrected chi connectivity index (χ1v) is 8.30. The molecule has 3 heterocycles. The van der Waals surface area contributed by atoms with Crippen LogP contribution in [0.5, 0.6) is 0 Å². The van der Waals surface area contributed by atoms with Gasteiger partial charge >= 0.3 is 0 Å². The molecule has 2 bridgehead atoms. The van der Waals surface area contributed by atoms with Crippen molar-refractivity contribution >= 4 is 22.4 Å². The predicted octanol–water partition coefficient (Wildman–Crippen LogP) is 2.66. The molecule has 1 aromatic carbocycles. The van der Waals surface area contributed by atoms with Gasteiger partial charge in [-0.1, -0.05) is 30.3 Å². The Morgan fingerprint density at radius 3 is 2.67 bits per heavy atom. The third-order valence-corrected chi connectivity index (χ3v) is 5.43. The second kappa shape index (κ2) is 5.31. The highest BCUT2D eigenvalue weighted by Crippen LogP contribution is 2.42. The fourth-order valence-electron chi connectivity index (χ4n) is 3.71. The first-order chi connectivity index (χ1) is 10.3. The molecule has 3 aliphatic rings. The number of rotatable bonds is 4. The summed E-state index contributed by atoms with van der Waals surface area (Å²) in [6.45, 7) is 3.46. The molecule has 0 spiro atoms. The summed E-state index contributed by atoms with van der Waals surface area (Å²) in [6, 6.07) is 13.3. The van der Waals surface area contributed by atoms with E-state index >= 15 is 0 Å². The van der Waals surface area contributed by atoms with Crippen LogP contribution in [0.1, 0.15) is 12.0 Å². The van der Waals surface area contributed by atoms with Crippen LogP contribution in [0.2, 0.25) is 0 Å². The van der Waals surface area contributed by atoms with Crippen LogP contribution in [0.15, 0.2) is 36.4 Å². The highest BCUT2D eigenvalue weighted by atomic mass is 32.1. The molecule has 0 amide bonds. The van der Waals surface area contributed by atoms with Crippen molar-refractivity contribution in [3.63, 3.8) is 0 Å². The summed E-state index contributed by atoms with van der Waals surface area (Å²) in [5, 5.41) is 4.75. The lowest BCUT2D eigenvalue weighted by Crippen LogP contribution is -2.60. The highest BCUT2D eigenvalue weighted by Gasteiger charge is 2.46. The number of hydrogen-bond donors (Lipinski definition) is 2. The molecule has 1 saturated carbocycles. The van der Waals surface area contributed by atoms with E-state index in [4.69, 9.17) is 5.73 Å². The number of anilines is 2. The van der Waals surface area contributed by atoms with Gasteiger partial charge in [0.05, 0.1) is 0 Å². The van der Waals surface area contributed by atoms with Gasteiger partial charge in [-0.15, -0.1) is 0 Å². The zero-order valence-corrected chi connectivity index (χ0v) is 12.7. The Balaban J connectivity index is 1.35. The lowest BCUT2D eigenvalue weighted by atomic mass is 9.66. The summed E-state index contributed by atoms with van der Waals surface area (Å²) < 4.78 is 4.14. The minimum Gasteiger partial charge on any atom is -0.383 e. The molecule has 2 aromatic rings. The molecule has 21 heavy (non-hydrogen) atoms. The van der Waals surface area contributed by atoms with Crippen LogP contribution in [-0.2, 0) is 6.54 Å². The Bertz CT molecular complexity index is 600. The average Bonchev–Trinajstić information content (AvgIpc) is 2.91. The minimum absolute atomic E-state index is 0.608. The van der Waals surface area contributed by atoms with Gasteiger partial charge in [0, 0.05) is 31.7 Å². The maximum Gasteiger partial charge on any atom is 0.139 e. The molecule has 5 heteroatoms. The molecule has 5 rings (SSSR count). The fraction of sp³-hybridized carbons (Fsp3) is 0.438. The number of nitrogens with one attached hydrogen (secondary N) is 1. The molecular formula is C16H20N4S. The molecule has 2 aliphatic heterocycles. The van der Waals surface area contributed by atoms with Crippen LogP contribution in [0.25, 0.3) is 0 Å². The van der Waals surface area contributed by atoms with E-state index in [2.05, 4.69) is 44.9 Å². The number of aromatic nitrogens is 1. The van der Waals surface area contributed by atoms with Crippen molar-refractivity contribution in [3.05, 3.63) is 42.0 Å². The summed E-state index contributed by atoms with van der Waals surface area (Å²) >= 11 is 1.47. The summed E-state index contributed by atoms with van der Waals surface area (Å²) in [5.41, 5.74) is 7.10. The number of benzene rings is 1. The van der Waals surface area contributed by atoms with Crippen molar-refractivity contribution in [1.82, 2.24) is 9.27 Å². The number of hydrogen-bond acceptors (Lipinski definition) is 5. The third kappa shape index (κ3) is 2.63. The summed E-state index contributed by atoms with van der Waals surface area (Å²) in [4.78, 5) is 2.59. The predicted molar refractivity (Wildman–Crippen MR) is 87.3 cm³/mol. The maximum absolute atomic E-state index is 5.69. The molecule has 110 valence electrons. The normalized spacial score (nSPS) is 28.1. The van der Waals surface area contributed by atoms with Gasteiger partial charge in [-0.3, -0.25) is 4.90 Å². The molecule has 2 unspecified atom stereocenters. The average molecular weight is 300 g/mol. The zero-order chi connectivity index (χ0) is 14.2. The fourth-order valence-corrected chi connectivity index (χ4v) is 4.33. The van der Waals surface area contributed by atoms with Crippen molar-refractivity contribution in [2.75, 3.05) is 24.1 Å². The molecule has 1 aromatic heterocycles. The van der Waals surface area contributed by atoms with Gasteiger partial charge in [0.25, 0.3) is 0 Å². The molecule has 1 aliphatic carbocycles. The topological polar surface area (TPSA) is 54.2 Å². The summed E-state index contributed by atoms with van der Waals surface area (Å²) in [6.07, 6.45) is 1.36. The third-order valence-electron chi connectivity index (χ3n) is 4.69. The van der Waals surface area contributed by atoms with Crippen LogP contribution in [0.3, 0.4) is 0 Å². The van der Waals surface area contributed by atoms with Crippen LogP contribution in [-0.4, -0.2) is 28.4 Å². The Labute approximate surface area is 129 Å². The van der Waals surface area contributed by atoms with Crippen LogP contribution in [0.4, 0.5) is 10.8 Å². The van der Waals surface area contributed by atoms with E-state index in [1.54, 1.807) is 0 Å². The number of fused-ring (bicyclic) bond motifs is 2. The van der Waals surface area contributed by atoms with Gasteiger partial charge in [0.1, 0.15) is 10.8 Å². The first kappa shape index (κ1) is 13.1. The van der Waals surface area contributed by atoms with E-state index < -0.39 is 0 Å². The van der Waals surface area contributed by atoms with Gasteiger partial charge in [-0.2, -0.15) is 4.37 Å². The summed E-state index contributed by atoms with van der Waals surface area (Å²) in [7, 11) is 0. The van der Waals surface area contributed by atoms with Gasteiger partial charge in [0.15, 0.2) is 0 Å².